The first kappa shape index (κ1) is 18.7. The second-order valence-electron chi connectivity index (χ2n) is 7.28. The molecular weight excluding hydrogens is 359 g/mol. The summed E-state index contributed by atoms with van der Waals surface area (Å²) in [5.74, 6) is 0. The van der Waals surface area contributed by atoms with E-state index in [-0.39, 0.29) is 25.2 Å². The third-order valence-electron chi connectivity index (χ3n) is 4.88. The number of nitrogens with zero attached hydrogens (tertiary/aromatic N) is 1. The van der Waals surface area contributed by atoms with E-state index in [0.29, 0.717) is 26.3 Å². The molecule has 3 aliphatic rings. The van der Waals surface area contributed by atoms with Crippen molar-refractivity contribution in [3.63, 3.8) is 0 Å². The Morgan fingerprint density at radius 1 is 1.07 bits per heavy atom. The largest absolute Gasteiger partial charge is 0.523 e. The van der Waals surface area contributed by atoms with Gasteiger partial charge < -0.3 is 9.47 Å². The number of epoxide rings is 2. The molecule has 3 atom stereocenters. The van der Waals surface area contributed by atoms with Crippen LogP contribution < -0.4 is 0 Å². The van der Waals surface area contributed by atoms with Crippen LogP contribution in [0, 0.1) is 0 Å². The Labute approximate surface area is 156 Å². The number of alkyl halides is 3. The molecule has 2 fully saturated rings. The van der Waals surface area contributed by atoms with E-state index < -0.39 is 12.0 Å². The zero-order valence-corrected chi connectivity index (χ0v) is 14.8. The van der Waals surface area contributed by atoms with Gasteiger partial charge in [0.1, 0.15) is 5.60 Å². The van der Waals surface area contributed by atoms with E-state index in [0.717, 1.165) is 11.1 Å². The lowest BCUT2D eigenvalue weighted by molar-refractivity contribution is -0.359. The molecule has 0 radical (unpaired) electrons. The van der Waals surface area contributed by atoms with Gasteiger partial charge in [-0.25, -0.2) is 0 Å². The normalized spacial score (nSPS) is 29.7. The monoisotopic (exact) mass is 381 g/mol. The highest BCUT2D eigenvalue weighted by atomic mass is 19.4. The first-order valence-electron chi connectivity index (χ1n) is 9.08. The van der Waals surface area contributed by atoms with Crippen LogP contribution in [0.2, 0.25) is 0 Å². The molecule has 2 heterocycles. The highest BCUT2D eigenvalue weighted by Gasteiger charge is 2.45. The molecule has 7 heteroatoms. The Kier molecular flexibility index (Phi) is 5.11. The molecule has 3 unspecified atom stereocenters. The molecule has 1 aliphatic carbocycles. The molecule has 1 aromatic rings. The van der Waals surface area contributed by atoms with Crippen LogP contribution in [-0.4, -0.2) is 61.9 Å². The van der Waals surface area contributed by atoms with Crippen LogP contribution in [0.1, 0.15) is 12.0 Å². The molecule has 4 rings (SSSR count). The third-order valence-corrected chi connectivity index (χ3v) is 4.88. The van der Waals surface area contributed by atoms with E-state index in [1.54, 1.807) is 12.2 Å². The van der Waals surface area contributed by atoms with Crippen molar-refractivity contribution in [2.24, 2.45) is 0 Å². The van der Waals surface area contributed by atoms with Gasteiger partial charge in [0.25, 0.3) is 0 Å². The predicted molar refractivity (Wildman–Crippen MR) is 94.0 cm³/mol. The van der Waals surface area contributed by atoms with Crippen LogP contribution in [0.5, 0.6) is 0 Å². The van der Waals surface area contributed by atoms with Crippen LogP contribution in [0.25, 0.3) is 5.57 Å². The minimum absolute atomic E-state index is 0.0923. The summed E-state index contributed by atoms with van der Waals surface area (Å²) in [6.45, 7) is 2.63. The fourth-order valence-electron chi connectivity index (χ4n) is 3.47. The topological polar surface area (TPSA) is 37.5 Å². The summed E-state index contributed by atoms with van der Waals surface area (Å²) in [5, 5.41) is 0. The van der Waals surface area contributed by atoms with Crippen LogP contribution in [0.4, 0.5) is 13.2 Å². The number of hydrogen-bond acceptors (Lipinski definition) is 4. The summed E-state index contributed by atoms with van der Waals surface area (Å²) in [6.07, 6.45) is 0.729. The van der Waals surface area contributed by atoms with Crippen molar-refractivity contribution in [1.82, 2.24) is 4.90 Å². The molecule has 0 saturated carbocycles. The maximum atomic E-state index is 13.2. The maximum absolute atomic E-state index is 13.2. The Morgan fingerprint density at radius 2 is 1.70 bits per heavy atom. The Bertz CT molecular complexity index is 697. The highest BCUT2D eigenvalue weighted by molar-refractivity contribution is 5.75. The fourth-order valence-corrected chi connectivity index (χ4v) is 3.47. The van der Waals surface area contributed by atoms with Gasteiger partial charge in [-0.1, -0.05) is 48.6 Å². The molecule has 1 aromatic carbocycles. The molecule has 2 aliphatic heterocycles. The van der Waals surface area contributed by atoms with Crippen LogP contribution in [0.15, 0.2) is 48.6 Å². The van der Waals surface area contributed by atoms with E-state index in [9.17, 15) is 13.2 Å². The van der Waals surface area contributed by atoms with Gasteiger partial charge in [-0.05, 0) is 11.1 Å². The first-order chi connectivity index (χ1) is 12.9. The van der Waals surface area contributed by atoms with E-state index in [1.807, 2.05) is 41.3 Å². The van der Waals surface area contributed by atoms with Gasteiger partial charge in [-0.3, -0.25) is 9.64 Å². The summed E-state index contributed by atoms with van der Waals surface area (Å²) >= 11 is 0. The number of ether oxygens (including phenoxy) is 3. The van der Waals surface area contributed by atoms with Crippen molar-refractivity contribution >= 4 is 5.57 Å². The zero-order valence-electron chi connectivity index (χ0n) is 14.8. The van der Waals surface area contributed by atoms with Crippen molar-refractivity contribution in [2.75, 3.05) is 32.8 Å². The average molecular weight is 381 g/mol. The lowest BCUT2D eigenvalue weighted by Gasteiger charge is -2.37. The second-order valence-corrected chi connectivity index (χ2v) is 7.28. The SMILES string of the molecule is FC(F)(F)OC1(CN(CC2CO2)CC2CO2)C=CC(c2ccccc2)=CC1. The maximum Gasteiger partial charge on any atom is 0.523 e. The average Bonchev–Trinajstić information content (AvgIpc) is 3.52. The van der Waals surface area contributed by atoms with Gasteiger partial charge in [-0.15, -0.1) is 13.2 Å². The van der Waals surface area contributed by atoms with Gasteiger partial charge in [0.2, 0.25) is 0 Å². The van der Waals surface area contributed by atoms with Crippen molar-refractivity contribution in [1.29, 1.82) is 0 Å². The molecule has 0 bridgehead atoms. The number of rotatable bonds is 8. The quantitative estimate of drug-likeness (QED) is 0.647. The van der Waals surface area contributed by atoms with Crippen molar-refractivity contribution in [3.05, 3.63) is 54.1 Å². The third kappa shape index (κ3) is 5.42. The minimum atomic E-state index is -4.71. The summed E-state index contributed by atoms with van der Waals surface area (Å²) in [4.78, 5) is 1.97. The number of allylic oxidation sites excluding steroid dienone is 2. The molecule has 146 valence electrons. The van der Waals surface area contributed by atoms with Gasteiger partial charge in [0, 0.05) is 26.1 Å². The number of benzene rings is 1. The van der Waals surface area contributed by atoms with Crippen LogP contribution in [-0.2, 0) is 14.2 Å². The summed E-state index contributed by atoms with van der Waals surface area (Å²) < 4.78 is 54.6. The van der Waals surface area contributed by atoms with Crippen molar-refractivity contribution in [2.45, 2.75) is 30.6 Å². The first-order valence-corrected chi connectivity index (χ1v) is 9.08. The van der Waals surface area contributed by atoms with Gasteiger partial charge in [0.15, 0.2) is 0 Å². The molecule has 0 spiro atoms. The molecule has 27 heavy (non-hydrogen) atoms. The van der Waals surface area contributed by atoms with Gasteiger partial charge >= 0.3 is 6.36 Å². The summed E-state index contributed by atoms with van der Waals surface area (Å²) in [6, 6.07) is 9.60. The van der Waals surface area contributed by atoms with Crippen LogP contribution >= 0.6 is 0 Å². The number of hydrogen-bond donors (Lipinski definition) is 0. The van der Waals surface area contributed by atoms with Gasteiger partial charge in [-0.2, -0.15) is 0 Å². The molecular formula is C20H22F3NO3. The summed E-state index contributed by atoms with van der Waals surface area (Å²) in [5.41, 5.74) is 0.434. The summed E-state index contributed by atoms with van der Waals surface area (Å²) in [7, 11) is 0. The Hall–Kier alpha value is -1.67. The fraction of sp³-hybridized carbons (Fsp3) is 0.500. The lowest BCUT2D eigenvalue weighted by Crippen LogP contribution is -2.49. The molecule has 0 amide bonds. The van der Waals surface area contributed by atoms with Crippen molar-refractivity contribution in [3.8, 4) is 0 Å². The minimum Gasteiger partial charge on any atom is -0.372 e. The molecule has 2 saturated heterocycles. The Morgan fingerprint density at radius 3 is 2.19 bits per heavy atom. The number of halogens is 3. The predicted octanol–water partition coefficient (Wildman–Crippen LogP) is 3.40. The lowest BCUT2D eigenvalue weighted by atomic mass is 9.88. The zero-order chi connectivity index (χ0) is 18.9. The Balaban J connectivity index is 1.51. The molecule has 4 nitrogen and oxygen atoms in total. The smallest absolute Gasteiger partial charge is 0.372 e. The van der Waals surface area contributed by atoms with Gasteiger partial charge in [0.05, 0.1) is 25.4 Å². The van der Waals surface area contributed by atoms with E-state index in [4.69, 9.17) is 9.47 Å². The van der Waals surface area contributed by atoms with Crippen molar-refractivity contribution < 1.29 is 27.4 Å². The van der Waals surface area contributed by atoms with E-state index in [1.165, 1.54) is 0 Å². The second kappa shape index (κ2) is 7.39. The molecule has 0 aromatic heterocycles. The van der Waals surface area contributed by atoms with E-state index in [2.05, 4.69) is 4.74 Å². The standard InChI is InChI=1S/C20H22F3NO3/c21-20(22,23)27-19(14-24(10-17-12-25-17)11-18-13-26-18)8-6-16(7-9-19)15-4-2-1-3-5-15/h1-8,17-18H,9-14H2. The highest BCUT2D eigenvalue weighted by Crippen LogP contribution is 2.36. The molecule has 0 N–H and O–H groups in total. The van der Waals surface area contributed by atoms with Crippen LogP contribution in [0.3, 0.4) is 0 Å². The van der Waals surface area contributed by atoms with E-state index >= 15 is 0 Å².